The van der Waals surface area contributed by atoms with Crippen LogP contribution in [0.15, 0.2) is 42.7 Å². The fraction of sp³-hybridized carbons (Fsp3) is 0.417. The summed E-state index contributed by atoms with van der Waals surface area (Å²) in [5, 5.41) is 10.4. The zero-order chi connectivity index (χ0) is 21.3. The van der Waals surface area contributed by atoms with Crippen LogP contribution in [-0.2, 0) is 34.6 Å². The molecular formula is C24H29N3O3. The van der Waals surface area contributed by atoms with Crippen LogP contribution in [0, 0.1) is 6.92 Å². The molecule has 1 aromatic carbocycles. The minimum absolute atomic E-state index is 0.0234. The summed E-state index contributed by atoms with van der Waals surface area (Å²) >= 11 is 0. The van der Waals surface area contributed by atoms with Gasteiger partial charge in [-0.25, -0.2) is 0 Å². The van der Waals surface area contributed by atoms with Gasteiger partial charge in [-0.2, -0.15) is 0 Å². The van der Waals surface area contributed by atoms with Crippen molar-refractivity contribution in [1.82, 2.24) is 14.5 Å². The zero-order valence-electron chi connectivity index (χ0n) is 17.9. The Bertz CT molecular complexity index is 1060. The van der Waals surface area contributed by atoms with Gasteiger partial charge < -0.3 is 19.3 Å². The molecule has 1 N–H and O–H groups in total. The Labute approximate surface area is 177 Å². The van der Waals surface area contributed by atoms with Crippen LogP contribution in [-0.4, -0.2) is 45.7 Å². The van der Waals surface area contributed by atoms with Crippen molar-refractivity contribution in [2.45, 2.75) is 45.4 Å². The number of carbonyl (C=O) groups is 1. The molecule has 0 spiro atoms. The van der Waals surface area contributed by atoms with Crippen molar-refractivity contribution in [3.63, 3.8) is 0 Å². The number of rotatable bonds is 7. The fourth-order valence-corrected chi connectivity index (χ4v) is 4.44. The second kappa shape index (κ2) is 8.20. The van der Waals surface area contributed by atoms with Gasteiger partial charge in [0.2, 0.25) is 0 Å². The van der Waals surface area contributed by atoms with Crippen molar-refractivity contribution in [3.05, 3.63) is 65.1 Å². The predicted octanol–water partition coefficient (Wildman–Crippen LogP) is 3.74. The SMILES string of the molecule is Cc1ccc2c(c1)c1c(n2CC(C)(OCCC(=O)O)c2cccnc2)CCN(C)C1. The average Bonchev–Trinajstić information content (AvgIpc) is 3.00. The molecule has 6 heteroatoms. The van der Waals surface area contributed by atoms with Gasteiger partial charge in [0.25, 0.3) is 0 Å². The number of benzene rings is 1. The Balaban J connectivity index is 1.79. The summed E-state index contributed by atoms with van der Waals surface area (Å²) in [6.45, 7) is 6.89. The lowest BCUT2D eigenvalue weighted by molar-refractivity contribution is -0.140. The number of likely N-dealkylation sites (N-methyl/N-ethyl adjacent to an activating group) is 1. The zero-order valence-corrected chi connectivity index (χ0v) is 17.9. The number of carboxylic acids is 1. The molecule has 0 bridgehead atoms. The quantitative estimate of drug-likeness (QED) is 0.646. The standard InChI is InChI=1S/C24H29N3O3/c1-17-6-7-21-19(13-17)20-15-26(3)11-8-22(20)27(21)16-24(2,30-12-9-23(28)29)18-5-4-10-25-14-18/h4-7,10,13-14H,8-9,11-12,15-16H2,1-3H3,(H,28,29). The van der Waals surface area contributed by atoms with Crippen molar-refractivity contribution in [2.75, 3.05) is 20.2 Å². The number of carboxylic acid groups (broad SMARTS) is 1. The lowest BCUT2D eigenvalue weighted by atomic mass is 9.96. The van der Waals surface area contributed by atoms with Crippen LogP contribution in [0.5, 0.6) is 0 Å². The maximum absolute atomic E-state index is 11.1. The van der Waals surface area contributed by atoms with Gasteiger partial charge in [0.1, 0.15) is 5.60 Å². The van der Waals surface area contributed by atoms with Crippen molar-refractivity contribution in [3.8, 4) is 0 Å². The van der Waals surface area contributed by atoms with Crippen LogP contribution < -0.4 is 0 Å². The summed E-state index contributed by atoms with van der Waals surface area (Å²) in [6.07, 6.45) is 4.52. The van der Waals surface area contributed by atoms with Crippen molar-refractivity contribution in [2.24, 2.45) is 0 Å². The molecule has 6 nitrogen and oxygen atoms in total. The maximum atomic E-state index is 11.1. The molecule has 1 atom stereocenters. The van der Waals surface area contributed by atoms with Gasteiger partial charge in [-0.1, -0.05) is 17.7 Å². The third-order valence-electron chi connectivity index (χ3n) is 6.07. The maximum Gasteiger partial charge on any atom is 0.305 e. The predicted molar refractivity (Wildman–Crippen MR) is 117 cm³/mol. The average molecular weight is 408 g/mol. The number of nitrogens with zero attached hydrogens (tertiary/aromatic N) is 3. The highest BCUT2D eigenvalue weighted by Gasteiger charge is 2.32. The molecule has 1 aliphatic heterocycles. The lowest BCUT2D eigenvalue weighted by Gasteiger charge is -2.33. The van der Waals surface area contributed by atoms with Crippen LogP contribution in [0.25, 0.3) is 10.9 Å². The van der Waals surface area contributed by atoms with Crippen molar-refractivity contribution in [1.29, 1.82) is 0 Å². The van der Waals surface area contributed by atoms with E-state index in [2.05, 4.69) is 46.6 Å². The number of fused-ring (bicyclic) bond motifs is 3. The van der Waals surface area contributed by atoms with Crippen LogP contribution in [0.4, 0.5) is 0 Å². The number of aryl methyl sites for hydroxylation is 1. The summed E-state index contributed by atoms with van der Waals surface area (Å²) in [6, 6.07) is 10.5. The Kier molecular flexibility index (Phi) is 5.62. The van der Waals surface area contributed by atoms with E-state index in [1.54, 1.807) is 6.20 Å². The Morgan fingerprint density at radius 1 is 1.33 bits per heavy atom. The second-order valence-electron chi connectivity index (χ2n) is 8.48. The van der Waals surface area contributed by atoms with Gasteiger partial charge >= 0.3 is 5.97 Å². The van der Waals surface area contributed by atoms with Crippen LogP contribution >= 0.6 is 0 Å². The highest BCUT2D eigenvalue weighted by molar-refractivity contribution is 5.86. The first-order chi connectivity index (χ1) is 14.4. The number of aliphatic carboxylic acids is 1. The van der Waals surface area contributed by atoms with E-state index in [1.165, 1.54) is 27.7 Å². The first-order valence-electron chi connectivity index (χ1n) is 10.4. The minimum atomic E-state index is -0.856. The molecular weight excluding hydrogens is 378 g/mol. The molecule has 0 amide bonds. The number of pyridine rings is 1. The van der Waals surface area contributed by atoms with E-state index >= 15 is 0 Å². The molecule has 1 unspecified atom stereocenters. The molecule has 0 fully saturated rings. The molecule has 4 rings (SSSR count). The van der Waals surface area contributed by atoms with Crippen molar-refractivity contribution < 1.29 is 14.6 Å². The van der Waals surface area contributed by atoms with Gasteiger partial charge in [-0.15, -0.1) is 0 Å². The third-order valence-corrected chi connectivity index (χ3v) is 6.07. The molecule has 3 heterocycles. The summed E-state index contributed by atoms with van der Waals surface area (Å²) in [5.41, 5.74) is 5.47. The fourth-order valence-electron chi connectivity index (χ4n) is 4.44. The number of aromatic nitrogens is 2. The lowest BCUT2D eigenvalue weighted by Crippen LogP contribution is -2.34. The summed E-state index contributed by atoms with van der Waals surface area (Å²) in [5.74, 6) is -0.856. The molecule has 0 saturated heterocycles. The molecule has 158 valence electrons. The molecule has 30 heavy (non-hydrogen) atoms. The Morgan fingerprint density at radius 3 is 2.90 bits per heavy atom. The van der Waals surface area contributed by atoms with E-state index in [0.717, 1.165) is 25.1 Å². The van der Waals surface area contributed by atoms with Gasteiger partial charge in [-0.3, -0.25) is 9.78 Å². The first-order valence-corrected chi connectivity index (χ1v) is 10.4. The third kappa shape index (κ3) is 3.98. The second-order valence-corrected chi connectivity index (χ2v) is 8.48. The van der Waals surface area contributed by atoms with E-state index in [-0.39, 0.29) is 13.0 Å². The Hall–Kier alpha value is -2.70. The number of ether oxygens (including phenoxy) is 1. The van der Waals surface area contributed by atoms with E-state index in [1.807, 2.05) is 25.3 Å². The van der Waals surface area contributed by atoms with Crippen LogP contribution in [0.2, 0.25) is 0 Å². The molecule has 0 radical (unpaired) electrons. The molecule has 0 saturated carbocycles. The van der Waals surface area contributed by atoms with E-state index in [9.17, 15) is 4.79 Å². The van der Waals surface area contributed by atoms with Gasteiger partial charge in [0.15, 0.2) is 0 Å². The van der Waals surface area contributed by atoms with Gasteiger partial charge in [0.05, 0.1) is 19.6 Å². The molecule has 2 aromatic heterocycles. The summed E-state index contributed by atoms with van der Waals surface area (Å²) < 4.78 is 8.61. The highest BCUT2D eigenvalue weighted by Crippen LogP contribution is 2.35. The highest BCUT2D eigenvalue weighted by atomic mass is 16.5. The van der Waals surface area contributed by atoms with Crippen LogP contribution in [0.3, 0.4) is 0 Å². The topological polar surface area (TPSA) is 67.6 Å². The molecule has 0 aliphatic carbocycles. The minimum Gasteiger partial charge on any atom is -0.481 e. The monoisotopic (exact) mass is 407 g/mol. The van der Waals surface area contributed by atoms with E-state index < -0.39 is 11.6 Å². The van der Waals surface area contributed by atoms with E-state index in [4.69, 9.17) is 9.84 Å². The smallest absolute Gasteiger partial charge is 0.305 e. The number of hydrogen-bond acceptors (Lipinski definition) is 4. The van der Waals surface area contributed by atoms with Crippen LogP contribution in [0.1, 0.15) is 35.7 Å². The summed E-state index contributed by atoms with van der Waals surface area (Å²) in [4.78, 5) is 17.7. The van der Waals surface area contributed by atoms with E-state index in [0.29, 0.717) is 6.54 Å². The molecule has 3 aromatic rings. The molecule has 1 aliphatic rings. The van der Waals surface area contributed by atoms with Gasteiger partial charge in [0, 0.05) is 54.1 Å². The number of hydrogen-bond donors (Lipinski definition) is 1. The Morgan fingerprint density at radius 2 is 2.17 bits per heavy atom. The normalized spacial score (nSPS) is 16.4. The van der Waals surface area contributed by atoms with Crippen molar-refractivity contribution >= 4 is 16.9 Å². The largest absolute Gasteiger partial charge is 0.481 e. The van der Waals surface area contributed by atoms with Gasteiger partial charge in [-0.05, 0) is 44.7 Å². The summed E-state index contributed by atoms with van der Waals surface area (Å²) in [7, 11) is 2.16. The first kappa shape index (κ1) is 20.6.